The largest absolute Gasteiger partial charge is 0.378 e. The lowest BCUT2D eigenvalue weighted by Gasteiger charge is -2.29. The number of carbonyl (C=O) groups excluding carboxylic acids is 1. The second-order valence-corrected chi connectivity index (χ2v) is 9.64. The molecule has 0 aliphatic carbocycles. The molecule has 1 fully saturated rings. The Balaban J connectivity index is 1.69. The first-order valence-corrected chi connectivity index (χ1v) is 11.5. The second kappa shape index (κ2) is 9.16. The lowest BCUT2D eigenvalue weighted by Crippen LogP contribution is -2.36. The Kier molecular flexibility index (Phi) is 6.35. The van der Waals surface area contributed by atoms with E-state index in [0.29, 0.717) is 0 Å². The molecule has 5 heteroatoms. The minimum atomic E-state index is -0.530. The van der Waals surface area contributed by atoms with Gasteiger partial charge in [-0.1, -0.05) is 63.2 Å². The minimum absolute atomic E-state index is 0.118. The smallest absolute Gasteiger partial charge is 0.251 e. The lowest BCUT2D eigenvalue weighted by atomic mass is 9.95. The van der Waals surface area contributed by atoms with E-state index >= 15 is 0 Å². The molecule has 2 aromatic carbocycles. The van der Waals surface area contributed by atoms with E-state index in [-0.39, 0.29) is 5.91 Å². The molecule has 0 bridgehead atoms. The van der Waals surface area contributed by atoms with Gasteiger partial charge in [-0.05, 0) is 23.8 Å². The van der Waals surface area contributed by atoms with Crippen LogP contribution in [-0.2, 0) is 9.53 Å². The van der Waals surface area contributed by atoms with Gasteiger partial charge in [0, 0.05) is 45.6 Å². The van der Waals surface area contributed by atoms with E-state index in [1.807, 2.05) is 39.0 Å². The molecular formula is C26H28N2O2S. The molecular weight excluding hydrogens is 404 g/mol. The Morgan fingerprint density at radius 1 is 0.968 bits per heavy atom. The molecule has 2 heterocycles. The first-order valence-electron chi connectivity index (χ1n) is 10.6. The van der Waals surface area contributed by atoms with Gasteiger partial charge < -0.3 is 9.64 Å². The molecule has 4 nitrogen and oxygen atoms in total. The topological polar surface area (TPSA) is 41.9 Å². The van der Waals surface area contributed by atoms with E-state index in [1.165, 1.54) is 11.3 Å². The zero-order chi connectivity index (χ0) is 21.8. The normalized spacial score (nSPS) is 15.2. The predicted octanol–water partition coefficient (Wildman–Crippen LogP) is 5.66. The van der Waals surface area contributed by atoms with Crippen molar-refractivity contribution >= 4 is 28.6 Å². The molecule has 1 aliphatic rings. The average molecular weight is 433 g/mol. The maximum Gasteiger partial charge on any atom is 0.251 e. The Labute approximate surface area is 188 Å². The van der Waals surface area contributed by atoms with Crippen molar-refractivity contribution in [2.24, 2.45) is 10.4 Å². The quantitative estimate of drug-likeness (QED) is 0.500. The summed E-state index contributed by atoms with van der Waals surface area (Å²) in [6, 6.07) is 20.8. The summed E-state index contributed by atoms with van der Waals surface area (Å²) in [4.78, 5) is 20.9. The number of rotatable bonds is 4. The van der Waals surface area contributed by atoms with Gasteiger partial charge in [-0.15, -0.1) is 11.3 Å². The SMILES string of the molecule is CC(C)(C)C(=O)/N=C(\c1ccc(N2CCOCC2)cc1)c1csc(-c2ccccc2)c1. The summed E-state index contributed by atoms with van der Waals surface area (Å²) in [6.45, 7) is 9.02. The number of carbonyl (C=O) groups is 1. The number of anilines is 1. The van der Waals surface area contributed by atoms with Crippen LogP contribution in [0.5, 0.6) is 0 Å². The molecule has 0 unspecified atom stereocenters. The fraction of sp³-hybridized carbons (Fsp3) is 0.308. The van der Waals surface area contributed by atoms with Crippen LogP contribution in [0, 0.1) is 5.41 Å². The molecule has 0 N–H and O–H groups in total. The summed E-state index contributed by atoms with van der Waals surface area (Å²) in [6.07, 6.45) is 0. The number of benzene rings is 2. The first-order chi connectivity index (χ1) is 14.9. The Morgan fingerprint density at radius 2 is 1.65 bits per heavy atom. The third-order valence-corrected chi connectivity index (χ3v) is 6.28. The number of thiophene rings is 1. The van der Waals surface area contributed by atoms with Crippen molar-refractivity contribution in [2.75, 3.05) is 31.2 Å². The van der Waals surface area contributed by atoms with E-state index in [0.717, 1.165) is 48.0 Å². The van der Waals surface area contributed by atoms with Crippen molar-refractivity contribution in [1.82, 2.24) is 0 Å². The van der Waals surface area contributed by atoms with Crippen molar-refractivity contribution in [1.29, 1.82) is 0 Å². The summed E-state index contributed by atoms with van der Waals surface area (Å²) in [5.74, 6) is -0.118. The summed E-state index contributed by atoms with van der Waals surface area (Å²) in [7, 11) is 0. The molecule has 31 heavy (non-hydrogen) atoms. The summed E-state index contributed by atoms with van der Waals surface area (Å²) >= 11 is 1.67. The number of ether oxygens (including phenoxy) is 1. The Bertz CT molecular complexity index is 1060. The fourth-order valence-electron chi connectivity index (χ4n) is 3.43. The van der Waals surface area contributed by atoms with Crippen molar-refractivity contribution in [3.05, 3.63) is 77.2 Å². The average Bonchev–Trinajstić information content (AvgIpc) is 3.28. The number of hydrogen-bond acceptors (Lipinski definition) is 4. The molecule has 1 saturated heterocycles. The summed E-state index contributed by atoms with van der Waals surface area (Å²) in [5, 5.41) is 2.09. The van der Waals surface area contributed by atoms with Crippen LogP contribution in [-0.4, -0.2) is 37.9 Å². The maximum absolute atomic E-state index is 12.8. The van der Waals surface area contributed by atoms with Gasteiger partial charge in [0.05, 0.1) is 18.9 Å². The van der Waals surface area contributed by atoms with Crippen LogP contribution in [0.3, 0.4) is 0 Å². The highest BCUT2D eigenvalue weighted by molar-refractivity contribution is 7.13. The van der Waals surface area contributed by atoms with Gasteiger partial charge >= 0.3 is 0 Å². The van der Waals surface area contributed by atoms with E-state index in [2.05, 4.69) is 57.7 Å². The van der Waals surface area contributed by atoms with Gasteiger partial charge in [0.1, 0.15) is 0 Å². The molecule has 1 aliphatic heterocycles. The van der Waals surface area contributed by atoms with Gasteiger partial charge in [-0.2, -0.15) is 0 Å². The predicted molar refractivity (Wildman–Crippen MR) is 129 cm³/mol. The van der Waals surface area contributed by atoms with Crippen LogP contribution in [0.1, 0.15) is 31.9 Å². The minimum Gasteiger partial charge on any atom is -0.378 e. The highest BCUT2D eigenvalue weighted by atomic mass is 32.1. The van der Waals surface area contributed by atoms with Crippen LogP contribution in [0.25, 0.3) is 10.4 Å². The highest BCUT2D eigenvalue weighted by Gasteiger charge is 2.23. The van der Waals surface area contributed by atoms with Crippen molar-refractivity contribution in [3.63, 3.8) is 0 Å². The lowest BCUT2D eigenvalue weighted by molar-refractivity contribution is -0.124. The monoisotopic (exact) mass is 432 g/mol. The standard InChI is InChI=1S/C26H28N2O2S/c1-26(2,3)25(29)27-24(21-17-23(31-18-21)19-7-5-4-6-8-19)20-9-11-22(12-10-20)28-13-15-30-16-14-28/h4-12,17-18H,13-16H2,1-3H3/b27-24+. The number of amides is 1. The molecule has 0 saturated carbocycles. The van der Waals surface area contributed by atoms with Crippen LogP contribution >= 0.6 is 11.3 Å². The van der Waals surface area contributed by atoms with Crippen LogP contribution in [0.4, 0.5) is 5.69 Å². The number of aliphatic imine (C=N–C) groups is 1. The Morgan fingerprint density at radius 3 is 2.29 bits per heavy atom. The van der Waals surface area contributed by atoms with E-state index in [1.54, 1.807) is 11.3 Å². The molecule has 3 aromatic rings. The summed E-state index contributed by atoms with van der Waals surface area (Å²) in [5.41, 5.74) is 4.46. The van der Waals surface area contributed by atoms with Gasteiger partial charge in [-0.25, -0.2) is 4.99 Å². The molecule has 0 atom stereocenters. The van der Waals surface area contributed by atoms with Crippen molar-refractivity contribution < 1.29 is 9.53 Å². The van der Waals surface area contributed by atoms with Crippen LogP contribution in [0.15, 0.2) is 71.0 Å². The fourth-order valence-corrected chi connectivity index (χ4v) is 4.33. The van der Waals surface area contributed by atoms with E-state index in [4.69, 9.17) is 4.74 Å². The zero-order valence-corrected chi connectivity index (χ0v) is 19.1. The van der Waals surface area contributed by atoms with Crippen LogP contribution < -0.4 is 4.90 Å². The highest BCUT2D eigenvalue weighted by Crippen LogP contribution is 2.29. The van der Waals surface area contributed by atoms with E-state index in [9.17, 15) is 4.79 Å². The van der Waals surface area contributed by atoms with Gasteiger partial charge in [0.2, 0.25) is 0 Å². The van der Waals surface area contributed by atoms with Crippen molar-refractivity contribution in [3.8, 4) is 10.4 Å². The van der Waals surface area contributed by atoms with Gasteiger partial charge in [-0.3, -0.25) is 4.79 Å². The molecule has 1 aromatic heterocycles. The maximum atomic E-state index is 12.8. The van der Waals surface area contributed by atoms with Gasteiger partial charge in [0.25, 0.3) is 5.91 Å². The number of nitrogens with zero attached hydrogens (tertiary/aromatic N) is 2. The first kappa shape index (κ1) is 21.5. The summed E-state index contributed by atoms with van der Waals surface area (Å²) < 4.78 is 5.46. The number of morpholine rings is 1. The second-order valence-electron chi connectivity index (χ2n) is 8.73. The van der Waals surface area contributed by atoms with Gasteiger partial charge in [0.15, 0.2) is 0 Å². The molecule has 0 radical (unpaired) electrons. The zero-order valence-electron chi connectivity index (χ0n) is 18.3. The molecule has 4 rings (SSSR count). The van der Waals surface area contributed by atoms with E-state index < -0.39 is 5.41 Å². The van der Waals surface area contributed by atoms with Crippen LogP contribution in [0.2, 0.25) is 0 Å². The molecule has 160 valence electrons. The third-order valence-electron chi connectivity index (χ3n) is 5.30. The third kappa shape index (κ3) is 5.12. The molecule has 1 amide bonds. The molecule has 0 spiro atoms. The number of hydrogen-bond donors (Lipinski definition) is 0. The Hall–Kier alpha value is -2.76. The van der Waals surface area contributed by atoms with Crippen molar-refractivity contribution in [2.45, 2.75) is 20.8 Å².